The number of hydrogen-bond donors (Lipinski definition) is 1. The fraction of sp³-hybridized carbons (Fsp3) is 1.00. The summed E-state index contributed by atoms with van der Waals surface area (Å²) in [5.74, 6) is 0. The summed E-state index contributed by atoms with van der Waals surface area (Å²) < 4.78 is 17.0. The third-order valence-corrected chi connectivity index (χ3v) is 5.88. The Morgan fingerprint density at radius 2 is 1.67 bits per heavy atom. The van der Waals surface area contributed by atoms with E-state index in [1.807, 2.05) is 0 Å². The quantitative estimate of drug-likeness (QED) is 0.415. The van der Waals surface area contributed by atoms with Gasteiger partial charge in [0.05, 0.1) is 0 Å². The molecule has 4 nitrogen and oxygen atoms in total. The first-order valence-electron chi connectivity index (χ1n) is 7.19. The normalized spacial score (nSPS) is 12.0. The predicted octanol–water partition coefficient (Wildman–Crippen LogP) is 2.81. The number of unbranched alkanes of at least 4 members (excludes halogenated alkanes) is 3. The molecule has 0 fully saturated rings. The maximum absolute atomic E-state index is 5.91. The first-order chi connectivity index (χ1) is 8.74. The Balaban J connectivity index is 3.85. The van der Waals surface area contributed by atoms with Gasteiger partial charge in [0.15, 0.2) is 0 Å². The zero-order valence-electron chi connectivity index (χ0n) is 12.6. The topological polar surface area (TPSA) is 39.7 Å². The van der Waals surface area contributed by atoms with E-state index in [9.17, 15) is 0 Å². The number of rotatable bonds is 13. The van der Waals surface area contributed by atoms with Gasteiger partial charge in [-0.25, -0.2) is 0 Å². The van der Waals surface area contributed by atoms with Gasteiger partial charge in [-0.2, -0.15) is 0 Å². The van der Waals surface area contributed by atoms with E-state index >= 15 is 0 Å². The van der Waals surface area contributed by atoms with Gasteiger partial charge in [0, 0.05) is 26.9 Å². The molecule has 0 rings (SSSR count). The van der Waals surface area contributed by atoms with Crippen LogP contribution in [0.2, 0.25) is 6.04 Å². The van der Waals surface area contributed by atoms with E-state index < -0.39 is 8.80 Å². The number of nitrogens with one attached hydrogen (secondary N) is 1. The standard InChI is InChI=1S/C13H31NO3Si/c1-5-7-9-12-17-18(15-3,16-4)13-10-8-11-14-6-2/h14H,5-13H2,1-4H3. The molecule has 0 aliphatic carbocycles. The van der Waals surface area contributed by atoms with Crippen molar-refractivity contribution in [2.75, 3.05) is 33.9 Å². The van der Waals surface area contributed by atoms with Gasteiger partial charge in [0.25, 0.3) is 0 Å². The average Bonchev–Trinajstić information content (AvgIpc) is 2.41. The molecular formula is C13H31NO3Si. The molecule has 0 aliphatic rings. The van der Waals surface area contributed by atoms with Crippen LogP contribution < -0.4 is 5.32 Å². The van der Waals surface area contributed by atoms with Gasteiger partial charge in [0.2, 0.25) is 0 Å². The smallest absolute Gasteiger partial charge is 0.377 e. The van der Waals surface area contributed by atoms with Crippen molar-refractivity contribution in [2.45, 2.75) is 52.0 Å². The van der Waals surface area contributed by atoms with Crippen molar-refractivity contribution in [3.63, 3.8) is 0 Å². The van der Waals surface area contributed by atoms with Gasteiger partial charge in [-0.15, -0.1) is 0 Å². The van der Waals surface area contributed by atoms with Gasteiger partial charge >= 0.3 is 8.80 Å². The van der Waals surface area contributed by atoms with Gasteiger partial charge in [-0.1, -0.05) is 26.7 Å². The van der Waals surface area contributed by atoms with E-state index in [0.717, 1.165) is 45.0 Å². The van der Waals surface area contributed by atoms with Crippen LogP contribution in [0.5, 0.6) is 0 Å². The largest absolute Gasteiger partial charge is 0.500 e. The highest BCUT2D eigenvalue weighted by molar-refractivity contribution is 6.60. The molecule has 0 saturated carbocycles. The van der Waals surface area contributed by atoms with Crippen LogP contribution in [0.15, 0.2) is 0 Å². The molecule has 0 aromatic rings. The summed E-state index contributed by atoms with van der Waals surface area (Å²) in [6.07, 6.45) is 5.75. The molecule has 0 heterocycles. The Labute approximate surface area is 114 Å². The molecule has 0 radical (unpaired) electrons. The SMILES string of the molecule is CCCCCO[Si](CCCCNCC)(OC)OC. The molecule has 0 aliphatic heterocycles. The van der Waals surface area contributed by atoms with E-state index in [4.69, 9.17) is 13.3 Å². The molecule has 0 aromatic heterocycles. The highest BCUT2D eigenvalue weighted by Gasteiger charge is 2.37. The average molecular weight is 277 g/mol. The second-order valence-corrected chi connectivity index (χ2v) is 7.43. The minimum atomic E-state index is -2.38. The van der Waals surface area contributed by atoms with Crippen molar-refractivity contribution in [2.24, 2.45) is 0 Å². The maximum atomic E-state index is 5.91. The third kappa shape index (κ3) is 8.21. The minimum Gasteiger partial charge on any atom is -0.377 e. The molecule has 0 unspecified atom stereocenters. The van der Waals surface area contributed by atoms with Crippen LogP contribution in [0.25, 0.3) is 0 Å². The van der Waals surface area contributed by atoms with Crippen molar-refractivity contribution in [1.82, 2.24) is 5.32 Å². The van der Waals surface area contributed by atoms with Crippen molar-refractivity contribution in [1.29, 1.82) is 0 Å². The molecule has 0 atom stereocenters. The molecule has 1 N–H and O–H groups in total. The molecule has 0 amide bonds. The van der Waals surface area contributed by atoms with Crippen molar-refractivity contribution in [3.05, 3.63) is 0 Å². The van der Waals surface area contributed by atoms with E-state index in [-0.39, 0.29) is 0 Å². The van der Waals surface area contributed by atoms with Crippen molar-refractivity contribution >= 4 is 8.80 Å². The molecule has 18 heavy (non-hydrogen) atoms. The van der Waals surface area contributed by atoms with Gasteiger partial charge < -0.3 is 18.6 Å². The summed E-state index contributed by atoms with van der Waals surface area (Å²) in [4.78, 5) is 0. The summed E-state index contributed by atoms with van der Waals surface area (Å²) in [6, 6.07) is 0.914. The molecule has 0 saturated heterocycles. The maximum Gasteiger partial charge on any atom is 0.500 e. The van der Waals surface area contributed by atoms with E-state index in [0.29, 0.717) is 0 Å². The zero-order chi connectivity index (χ0) is 13.7. The van der Waals surface area contributed by atoms with Crippen LogP contribution >= 0.6 is 0 Å². The van der Waals surface area contributed by atoms with Gasteiger partial charge in [-0.3, -0.25) is 0 Å². The zero-order valence-corrected chi connectivity index (χ0v) is 13.6. The van der Waals surface area contributed by atoms with Crippen LogP contribution in [0.4, 0.5) is 0 Å². The Morgan fingerprint density at radius 1 is 0.944 bits per heavy atom. The Hall–Kier alpha value is 0.0569. The summed E-state index contributed by atoms with van der Waals surface area (Å²) >= 11 is 0. The molecule has 0 spiro atoms. The van der Waals surface area contributed by atoms with Crippen LogP contribution in [0.3, 0.4) is 0 Å². The summed E-state index contributed by atoms with van der Waals surface area (Å²) in [5.41, 5.74) is 0. The highest BCUT2D eigenvalue weighted by atomic mass is 28.4. The van der Waals surface area contributed by atoms with E-state index in [1.165, 1.54) is 12.8 Å². The Bertz CT molecular complexity index is 178. The summed E-state index contributed by atoms with van der Waals surface area (Å²) in [7, 11) is 1.03. The van der Waals surface area contributed by atoms with Crippen LogP contribution in [-0.2, 0) is 13.3 Å². The predicted molar refractivity (Wildman–Crippen MR) is 77.8 cm³/mol. The molecular weight excluding hydrogens is 246 g/mol. The Morgan fingerprint density at radius 3 is 2.22 bits per heavy atom. The second kappa shape index (κ2) is 12.1. The molecule has 0 aromatic carbocycles. The van der Waals surface area contributed by atoms with Crippen molar-refractivity contribution < 1.29 is 13.3 Å². The van der Waals surface area contributed by atoms with Crippen LogP contribution in [0, 0.1) is 0 Å². The number of hydrogen-bond acceptors (Lipinski definition) is 4. The fourth-order valence-corrected chi connectivity index (χ4v) is 3.92. The van der Waals surface area contributed by atoms with Crippen LogP contribution in [-0.4, -0.2) is 42.7 Å². The summed E-state index contributed by atoms with van der Waals surface area (Å²) in [6.45, 7) is 7.17. The van der Waals surface area contributed by atoms with E-state index in [2.05, 4.69) is 19.2 Å². The lowest BCUT2D eigenvalue weighted by atomic mass is 10.3. The van der Waals surface area contributed by atoms with Crippen molar-refractivity contribution in [3.8, 4) is 0 Å². The minimum absolute atomic E-state index is 0.759. The molecule has 0 bridgehead atoms. The Kier molecular flexibility index (Phi) is 12.1. The first kappa shape index (κ1) is 18.1. The van der Waals surface area contributed by atoms with Gasteiger partial charge in [0.1, 0.15) is 0 Å². The first-order valence-corrected chi connectivity index (χ1v) is 9.12. The lowest BCUT2D eigenvalue weighted by Gasteiger charge is -2.26. The monoisotopic (exact) mass is 277 g/mol. The van der Waals surface area contributed by atoms with Crippen LogP contribution in [0.1, 0.15) is 46.0 Å². The van der Waals surface area contributed by atoms with Gasteiger partial charge in [-0.05, 0) is 32.4 Å². The lowest BCUT2D eigenvalue weighted by Crippen LogP contribution is -2.44. The third-order valence-electron chi connectivity index (χ3n) is 3.03. The lowest BCUT2D eigenvalue weighted by molar-refractivity contribution is 0.0957. The molecule has 110 valence electrons. The van der Waals surface area contributed by atoms with E-state index in [1.54, 1.807) is 14.2 Å². The second-order valence-electron chi connectivity index (χ2n) is 4.46. The highest BCUT2D eigenvalue weighted by Crippen LogP contribution is 2.17. The summed E-state index contributed by atoms with van der Waals surface area (Å²) in [5, 5.41) is 3.32. The fourth-order valence-electron chi connectivity index (χ4n) is 1.83. The molecule has 5 heteroatoms.